The second-order valence-electron chi connectivity index (χ2n) is 10.1. The summed E-state index contributed by atoms with van der Waals surface area (Å²) in [5.41, 5.74) is 16.2. The molecule has 2 aromatic heterocycles. The van der Waals surface area contributed by atoms with Crippen LogP contribution in [0, 0.1) is 5.41 Å². The van der Waals surface area contributed by atoms with Crippen molar-refractivity contribution < 1.29 is 0 Å². The Morgan fingerprint density at radius 3 is 2.42 bits per heavy atom. The highest BCUT2D eigenvalue weighted by Crippen LogP contribution is 2.41. The van der Waals surface area contributed by atoms with Gasteiger partial charge in [0.15, 0.2) is 0 Å². The van der Waals surface area contributed by atoms with Gasteiger partial charge in [0.05, 0.1) is 27.8 Å². The van der Waals surface area contributed by atoms with Gasteiger partial charge >= 0.3 is 0 Å². The van der Waals surface area contributed by atoms with Gasteiger partial charge in [-0.2, -0.15) is 5.10 Å². The molecule has 6 rings (SSSR count). The number of anilines is 2. The summed E-state index contributed by atoms with van der Waals surface area (Å²) < 4.78 is 2.10. The quantitative estimate of drug-likeness (QED) is 0.223. The minimum absolute atomic E-state index is 0.409. The molecule has 0 amide bonds. The molecule has 3 heterocycles. The number of aromatic nitrogens is 4. The molecule has 38 heavy (non-hydrogen) atoms. The summed E-state index contributed by atoms with van der Waals surface area (Å²) in [5.74, 6) is 1.37. The second kappa shape index (κ2) is 9.87. The number of para-hydroxylation sites is 1. The topological polar surface area (TPSA) is 96.7 Å². The molecule has 0 spiro atoms. The Kier molecular flexibility index (Phi) is 6.40. The lowest BCUT2D eigenvalue weighted by atomic mass is 9.96. The fourth-order valence-electron chi connectivity index (χ4n) is 5.56. The maximum absolute atomic E-state index is 8.21. The van der Waals surface area contributed by atoms with Gasteiger partial charge in [0.25, 0.3) is 0 Å². The number of nitrogens with two attached hydrogens (primary N) is 1. The van der Waals surface area contributed by atoms with Crippen molar-refractivity contribution in [3.8, 4) is 16.9 Å². The summed E-state index contributed by atoms with van der Waals surface area (Å²) in [5, 5.41) is 13.9. The minimum atomic E-state index is 0.409. The molecule has 0 saturated heterocycles. The van der Waals surface area contributed by atoms with E-state index in [4.69, 9.17) is 37.8 Å². The number of rotatable bonds is 7. The first-order valence-electron chi connectivity index (χ1n) is 13.4. The normalized spacial score (nSPS) is 15.0. The van der Waals surface area contributed by atoms with Crippen LogP contribution in [0.25, 0.3) is 16.9 Å². The molecule has 7 nitrogen and oxygen atoms in total. The Morgan fingerprint density at radius 1 is 1.08 bits per heavy atom. The van der Waals surface area contributed by atoms with E-state index in [1.165, 1.54) is 35.7 Å². The largest absolute Gasteiger partial charge is 0.397 e. The number of hydrogen-bond acceptors (Lipinski definition) is 6. The molecule has 8 heteroatoms. The van der Waals surface area contributed by atoms with Gasteiger partial charge in [0.2, 0.25) is 5.95 Å². The SMILES string of the molecule is CCc1cccc(CC)c1-n1nc2c(c1-c1ccc(Cl)c(N)c1C=N)CN(c1ncc(C3CC3)cn1)CC2. The van der Waals surface area contributed by atoms with E-state index >= 15 is 0 Å². The number of fused-ring (bicyclic) bond motifs is 1. The number of nitrogens with zero attached hydrogens (tertiary/aromatic N) is 5. The van der Waals surface area contributed by atoms with Crippen LogP contribution >= 0.6 is 11.6 Å². The van der Waals surface area contributed by atoms with Gasteiger partial charge in [0.1, 0.15) is 0 Å². The highest BCUT2D eigenvalue weighted by Gasteiger charge is 2.30. The number of hydrogen-bond donors (Lipinski definition) is 2. The predicted octanol–water partition coefficient (Wildman–Crippen LogP) is 6.13. The van der Waals surface area contributed by atoms with E-state index in [1.807, 2.05) is 24.5 Å². The molecule has 2 aliphatic rings. The molecule has 0 atom stereocenters. The molecule has 0 unspecified atom stereocenters. The summed E-state index contributed by atoms with van der Waals surface area (Å²) in [6, 6.07) is 10.3. The van der Waals surface area contributed by atoms with E-state index in [9.17, 15) is 0 Å². The Balaban J connectivity index is 1.54. The Morgan fingerprint density at radius 2 is 1.79 bits per heavy atom. The molecule has 0 bridgehead atoms. The summed E-state index contributed by atoms with van der Waals surface area (Å²) >= 11 is 6.39. The zero-order chi connectivity index (χ0) is 26.4. The lowest BCUT2D eigenvalue weighted by Gasteiger charge is -2.27. The average molecular weight is 526 g/mol. The molecule has 4 aromatic rings. The molecule has 3 N–H and O–H groups in total. The van der Waals surface area contributed by atoms with Crippen LogP contribution in [0.15, 0.2) is 42.7 Å². The van der Waals surface area contributed by atoms with Crippen LogP contribution in [0.3, 0.4) is 0 Å². The van der Waals surface area contributed by atoms with Crippen LogP contribution < -0.4 is 10.6 Å². The lowest BCUT2D eigenvalue weighted by Crippen LogP contribution is -2.31. The summed E-state index contributed by atoms with van der Waals surface area (Å²) in [6.07, 6.45) is 10.3. The van der Waals surface area contributed by atoms with Crippen LogP contribution in [-0.2, 0) is 25.8 Å². The molecule has 0 radical (unpaired) electrons. The second-order valence-corrected chi connectivity index (χ2v) is 10.6. The Hall–Kier alpha value is -3.71. The Labute approximate surface area is 228 Å². The fraction of sp³-hybridized carbons (Fsp3) is 0.333. The van der Waals surface area contributed by atoms with Crippen LogP contribution in [0.2, 0.25) is 5.02 Å². The van der Waals surface area contributed by atoms with Crippen molar-refractivity contribution in [3.63, 3.8) is 0 Å². The first kappa shape index (κ1) is 24.6. The Bertz CT molecular complexity index is 1500. The molecule has 194 valence electrons. The zero-order valence-electron chi connectivity index (χ0n) is 21.8. The third-order valence-corrected chi connectivity index (χ3v) is 8.16. The van der Waals surface area contributed by atoms with Gasteiger partial charge in [0, 0.05) is 54.8 Å². The fourth-order valence-corrected chi connectivity index (χ4v) is 5.73. The van der Waals surface area contributed by atoms with Crippen molar-refractivity contribution in [3.05, 3.63) is 81.3 Å². The predicted molar refractivity (Wildman–Crippen MR) is 154 cm³/mol. The molecular formula is C30H32ClN7. The van der Waals surface area contributed by atoms with E-state index in [1.54, 1.807) is 0 Å². The van der Waals surface area contributed by atoms with Gasteiger partial charge in [-0.05, 0) is 54.4 Å². The number of nitrogen functional groups attached to an aromatic ring is 1. The highest BCUT2D eigenvalue weighted by molar-refractivity contribution is 6.34. The minimum Gasteiger partial charge on any atom is -0.397 e. The molecule has 1 fully saturated rings. The van der Waals surface area contributed by atoms with Gasteiger partial charge in [-0.1, -0.05) is 49.7 Å². The molecule has 2 aromatic carbocycles. The molecule has 1 aliphatic carbocycles. The average Bonchev–Trinajstić information content (AvgIpc) is 3.74. The number of benzene rings is 2. The molecule has 1 aliphatic heterocycles. The smallest absolute Gasteiger partial charge is 0.225 e. The van der Waals surface area contributed by atoms with Crippen molar-refractivity contribution in [1.82, 2.24) is 19.7 Å². The van der Waals surface area contributed by atoms with Crippen molar-refractivity contribution in [2.24, 2.45) is 0 Å². The highest BCUT2D eigenvalue weighted by atomic mass is 35.5. The van der Waals surface area contributed by atoms with Crippen LogP contribution in [0.5, 0.6) is 0 Å². The number of aryl methyl sites for hydroxylation is 2. The first-order valence-corrected chi connectivity index (χ1v) is 13.8. The van der Waals surface area contributed by atoms with E-state index in [0.717, 1.165) is 60.0 Å². The van der Waals surface area contributed by atoms with Crippen LogP contribution in [0.1, 0.15) is 66.1 Å². The van der Waals surface area contributed by atoms with Gasteiger partial charge in [-0.3, -0.25) is 0 Å². The lowest BCUT2D eigenvalue weighted by molar-refractivity contribution is 0.693. The first-order chi connectivity index (χ1) is 18.5. The maximum Gasteiger partial charge on any atom is 0.225 e. The van der Waals surface area contributed by atoms with Gasteiger partial charge in [-0.15, -0.1) is 0 Å². The van der Waals surface area contributed by atoms with Crippen molar-refractivity contribution in [2.75, 3.05) is 17.2 Å². The summed E-state index contributed by atoms with van der Waals surface area (Å²) in [4.78, 5) is 11.7. The van der Waals surface area contributed by atoms with Crippen LogP contribution in [-0.4, -0.2) is 32.5 Å². The van der Waals surface area contributed by atoms with Crippen LogP contribution in [0.4, 0.5) is 11.6 Å². The summed E-state index contributed by atoms with van der Waals surface area (Å²) in [7, 11) is 0. The maximum atomic E-state index is 8.21. The standard InChI is InChI=1S/C30H32ClN7/c1-3-18-6-5-7-19(4-2)28(18)38-29(22-10-11-25(31)27(33)23(22)14-32)24-17-37(13-12-26(24)36-38)30-34-15-21(16-35-30)20-8-9-20/h5-7,10-11,14-16,20,32H,3-4,8-9,12-13,17,33H2,1-2H3. The molecular weight excluding hydrogens is 494 g/mol. The zero-order valence-corrected chi connectivity index (χ0v) is 22.6. The van der Waals surface area contributed by atoms with E-state index in [2.05, 4.69) is 41.6 Å². The third-order valence-electron chi connectivity index (χ3n) is 7.83. The van der Waals surface area contributed by atoms with Crippen molar-refractivity contribution >= 4 is 29.5 Å². The molecule has 1 saturated carbocycles. The number of nitrogens with one attached hydrogen (secondary N) is 1. The summed E-state index contributed by atoms with van der Waals surface area (Å²) in [6.45, 7) is 5.77. The monoisotopic (exact) mass is 525 g/mol. The van der Waals surface area contributed by atoms with E-state index < -0.39 is 0 Å². The number of halogens is 1. The third kappa shape index (κ3) is 4.15. The van der Waals surface area contributed by atoms with Gasteiger partial charge in [-0.25, -0.2) is 14.6 Å². The van der Waals surface area contributed by atoms with E-state index in [0.29, 0.717) is 28.7 Å². The van der Waals surface area contributed by atoms with E-state index in [-0.39, 0.29) is 0 Å². The van der Waals surface area contributed by atoms with Gasteiger partial charge < -0.3 is 16.0 Å². The van der Waals surface area contributed by atoms with Crippen molar-refractivity contribution in [2.45, 2.75) is 58.4 Å². The van der Waals surface area contributed by atoms with Crippen molar-refractivity contribution in [1.29, 1.82) is 5.41 Å².